The predicted molar refractivity (Wildman–Crippen MR) is 76.7 cm³/mol. The van der Waals surface area contributed by atoms with Crippen molar-refractivity contribution in [3.05, 3.63) is 18.2 Å². The van der Waals surface area contributed by atoms with E-state index in [1.54, 1.807) is 13.1 Å². The van der Waals surface area contributed by atoms with Gasteiger partial charge in [-0.3, -0.25) is 0 Å². The van der Waals surface area contributed by atoms with Crippen LogP contribution in [0.3, 0.4) is 0 Å². The van der Waals surface area contributed by atoms with Crippen molar-refractivity contribution in [2.24, 2.45) is 0 Å². The quantitative estimate of drug-likeness (QED) is 0.841. The van der Waals surface area contributed by atoms with Gasteiger partial charge in [-0.25, -0.2) is 8.42 Å². The average molecular weight is 286 g/mol. The van der Waals surface area contributed by atoms with Crippen LogP contribution in [0.5, 0.6) is 5.75 Å². The topological polar surface area (TPSA) is 72.6 Å². The van der Waals surface area contributed by atoms with Crippen LogP contribution in [0, 0.1) is 0 Å². The molecule has 0 fully saturated rings. The molecule has 1 rings (SSSR count). The third kappa shape index (κ3) is 3.01. The van der Waals surface area contributed by atoms with Crippen molar-refractivity contribution in [1.29, 1.82) is 0 Å². The SMILES string of the molecule is CCC(C)(C)N(C)S(=O)(=O)c1ccc(N)cc1OC. The van der Waals surface area contributed by atoms with Gasteiger partial charge in [0.05, 0.1) is 7.11 Å². The highest BCUT2D eigenvalue weighted by molar-refractivity contribution is 7.89. The number of nitrogen functional groups attached to an aromatic ring is 1. The largest absolute Gasteiger partial charge is 0.495 e. The Kier molecular flexibility index (Phi) is 4.47. The Balaban J connectivity index is 3.36. The molecule has 6 heteroatoms. The van der Waals surface area contributed by atoms with Gasteiger partial charge in [0.15, 0.2) is 0 Å². The average Bonchev–Trinajstić information content (AvgIpc) is 2.37. The lowest BCUT2D eigenvalue weighted by Gasteiger charge is -2.34. The molecule has 0 atom stereocenters. The van der Waals surface area contributed by atoms with Crippen molar-refractivity contribution >= 4 is 15.7 Å². The zero-order valence-corrected chi connectivity index (χ0v) is 12.9. The summed E-state index contributed by atoms with van der Waals surface area (Å²) in [7, 11) is -0.608. The van der Waals surface area contributed by atoms with E-state index >= 15 is 0 Å². The van der Waals surface area contributed by atoms with Gasteiger partial charge in [0, 0.05) is 24.3 Å². The van der Waals surface area contributed by atoms with Crippen LogP contribution in [-0.2, 0) is 10.0 Å². The first kappa shape index (κ1) is 15.8. The number of hydrogen-bond acceptors (Lipinski definition) is 4. The number of anilines is 1. The van der Waals surface area contributed by atoms with Crippen LogP contribution in [0.1, 0.15) is 27.2 Å². The van der Waals surface area contributed by atoms with Crippen LogP contribution in [-0.4, -0.2) is 32.4 Å². The van der Waals surface area contributed by atoms with Crippen LogP contribution >= 0.6 is 0 Å². The van der Waals surface area contributed by atoms with Crippen molar-refractivity contribution < 1.29 is 13.2 Å². The van der Waals surface area contributed by atoms with Crippen molar-refractivity contribution in [3.8, 4) is 5.75 Å². The molecule has 0 spiro atoms. The fourth-order valence-electron chi connectivity index (χ4n) is 1.59. The van der Waals surface area contributed by atoms with Gasteiger partial charge in [-0.15, -0.1) is 0 Å². The van der Waals surface area contributed by atoms with E-state index in [1.807, 2.05) is 20.8 Å². The molecule has 0 unspecified atom stereocenters. The lowest BCUT2D eigenvalue weighted by molar-refractivity contribution is 0.256. The monoisotopic (exact) mass is 286 g/mol. The maximum absolute atomic E-state index is 12.6. The van der Waals surface area contributed by atoms with Crippen LogP contribution in [0.4, 0.5) is 5.69 Å². The minimum absolute atomic E-state index is 0.133. The van der Waals surface area contributed by atoms with Crippen LogP contribution < -0.4 is 10.5 Å². The third-order valence-electron chi connectivity index (χ3n) is 3.54. The summed E-state index contributed by atoms with van der Waals surface area (Å²) in [5.74, 6) is 0.263. The molecule has 1 aromatic carbocycles. The fraction of sp³-hybridized carbons (Fsp3) is 0.538. The molecule has 0 aliphatic heterocycles. The third-order valence-corrected chi connectivity index (χ3v) is 5.65. The van der Waals surface area contributed by atoms with Crippen LogP contribution in [0.15, 0.2) is 23.1 Å². The van der Waals surface area contributed by atoms with Crippen LogP contribution in [0.25, 0.3) is 0 Å². The molecular weight excluding hydrogens is 264 g/mol. The highest BCUT2D eigenvalue weighted by Gasteiger charge is 2.34. The molecule has 2 N–H and O–H groups in total. The molecule has 0 bridgehead atoms. The first-order valence-corrected chi connectivity index (χ1v) is 7.53. The zero-order chi connectivity index (χ0) is 14.8. The minimum Gasteiger partial charge on any atom is -0.495 e. The first-order chi connectivity index (χ1) is 8.66. The molecule has 0 aromatic heterocycles. The van der Waals surface area contributed by atoms with E-state index < -0.39 is 15.6 Å². The minimum atomic E-state index is -3.62. The highest BCUT2D eigenvalue weighted by Crippen LogP contribution is 2.32. The van der Waals surface area contributed by atoms with E-state index in [0.29, 0.717) is 12.1 Å². The number of nitrogens with zero attached hydrogens (tertiary/aromatic N) is 1. The first-order valence-electron chi connectivity index (χ1n) is 6.09. The Morgan fingerprint density at radius 3 is 2.42 bits per heavy atom. The lowest BCUT2D eigenvalue weighted by Crippen LogP contribution is -2.44. The van der Waals surface area contributed by atoms with Gasteiger partial charge in [-0.05, 0) is 32.4 Å². The maximum Gasteiger partial charge on any atom is 0.246 e. The number of rotatable bonds is 5. The van der Waals surface area contributed by atoms with Crippen molar-refractivity contribution in [1.82, 2.24) is 4.31 Å². The summed E-state index contributed by atoms with van der Waals surface area (Å²) >= 11 is 0. The standard InChI is InChI=1S/C13H22N2O3S/c1-6-13(2,3)15(4)19(16,17)12-8-7-10(14)9-11(12)18-5/h7-9H,6,14H2,1-5H3. The Hall–Kier alpha value is -1.27. The molecule has 1 aromatic rings. The zero-order valence-electron chi connectivity index (χ0n) is 12.1. The fourth-order valence-corrected chi connectivity index (χ4v) is 3.30. The van der Waals surface area contributed by atoms with E-state index in [1.165, 1.54) is 23.5 Å². The van der Waals surface area contributed by atoms with Crippen molar-refractivity contribution in [3.63, 3.8) is 0 Å². The van der Waals surface area contributed by atoms with E-state index in [2.05, 4.69) is 0 Å². The number of sulfonamides is 1. The second kappa shape index (κ2) is 5.38. The number of benzene rings is 1. The Morgan fingerprint density at radius 1 is 1.37 bits per heavy atom. The normalized spacial score (nSPS) is 12.7. The summed E-state index contributed by atoms with van der Waals surface area (Å²) in [5.41, 5.74) is 5.64. The number of ether oxygens (including phenoxy) is 1. The summed E-state index contributed by atoms with van der Waals surface area (Å²) < 4.78 is 31.8. The van der Waals surface area contributed by atoms with E-state index in [4.69, 9.17) is 10.5 Å². The van der Waals surface area contributed by atoms with Crippen molar-refractivity contribution in [2.45, 2.75) is 37.6 Å². The molecule has 0 heterocycles. The smallest absolute Gasteiger partial charge is 0.246 e. The maximum atomic E-state index is 12.6. The van der Waals surface area contributed by atoms with E-state index in [-0.39, 0.29) is 10.6 Å². The lowest BCUT2D eigenvalue weighted by atomic mass is 10.0. The number of hydrogen-bond donors (Lipinski definition) is 1. The van der Waals surface area contributed by atoms with Gasteiger partial charge in [0.1, 0.15) is 10.6 Å². The van der Waals surface area contributed by atoms with Gasteiger partial charge in [0.2, 0.25) is 10.0 Å². The predicted octanol–water partition coefficient (Wildman–Crippen LogP) is 2.09. The Labute approximate surface area is 115 Å². The molecule has 19 heavy (non-hydrogen) atoms. The summed E-state index contributed by atoms with van der Waals surface area (Å²) in [6.45, 7) is 5.72. The highest BCUT2D eigenvalue weighted by atomic mass is 32.2. The van der Waals surface area contributed by atoms with Crippen LogP contribution in [0.2, 0.25) is 0 Å². The second-order valence-electron chi connectivity index (χ2n) is 5.05. The summed E-state index contributed by atoms with van der Waals surface area (Å²) in [6, 6.07) is 4.55. The van der Waals surface area contributed by atoms with Gasteiger partial charge in [-0.1, -0.05) is 6.92 Å². The van der Waals surface area contributed by atoms with Crippen molar-refractivity contribution in [2.75, 3.05) is 19.9 Å². The molecule has 0 saturated carbocycles. The van der Waals surface area contributed by atoms with E-state index in [0.717, 1.165) is 0 Å². The van der Waals surface area contributed by atoms with Gasteiger partial charge in [0.25, 0.3) is 0 Å². The number of methoxy groups -OCH3 is 1. The molecular formula is C13H22N2O3S. The Bertz CT molecular complexity index is 553. The molecule has 5 nitrogen and oxygen atoms in total. The Morgan fingerprint density at radius 2 is 1.95 bits per heavy atom. The summed E-state index contributed by atoms with van der Waals surface area (Å²) in [5, 5.41) is 0. The molecule has 0 saturated heterocycles. The molecule has 108 valence electrons. The second-order valence-corrected chi connectivity index (χ2v) is 6.99. The van der Waals surface area contributed by atoms with E-state index in [9.17, 15) is 8.42 Å². The molecule has 0 aliphatic rings. The molecule has 0 aliphatic carbocycles. The molecule has 0 radical (unpaired) electrons. The molecule has 0 amide bonds. The summed E-state index contributed by atoms with van der Waals surface area (Å²) in [4.78, 5) is 0.133. The summed E-state index contributed by atoms with van der Waals surface area (Å²) in [6.07, 6.45) is 0.708. The van der Waals surface area contributed by atoms with Gasteiger partial charge >= 0.3 is 0 Å². The van der Waals surface area contributed by atoms with Gasteiger partial charge < -0.3 is 10.5 Å². The van der Waals surface area contributed by atoms with Gasteiger partial charge in [-0.2, -0.15) is 4.31 Å². The number of nitrogens with two attached hydrogens (primary N) is 1.